The normalized spacial score (nSPS) is 20.0. The van der Waals surface area contributed by atoms with E-state index in [-0.39, 0.29) is 30.9 Å². The highest BCUT2D eigenvalue weighted by molar-refractivity contribution is 5.85. The van der Waals surface area contributed by atoms with Crippen LogP contribution in [0.5, 0.6) is 0 Å². The number of carboxylic acid groups (broad SMARTS) is 1. The summed E-state index contributed by atoms with van der Waals surface area (Å²) in [5, 5.41) is 9.01. The average molecular weight is 424 g/mol. The standard InChI is InChI=1S/C22H33N3O3.ClH/c1-17-5-7-18(8-6-17)14-25(20-9-10-20)21(26)15-24-12-3-4-19(11-13-24)23(2)16-22(27)28;/h5-8,19-20H,3-4,9-16H2,1-2H3,(H,27,28);1H. The lowest BCUT2D eigenvalue weighted by Crippen LogP contribution is -2.42. The van der Waals surface area contributed by atoms with Gasteiger partial charge in [0.15, 0.2) is 0 Å². The van der Waals surface area contributed by atoms with Crippen molar-refractivity contribution in [3.8, 4) is 0 Å². The van der Waals surface area contributed by atoms with Gasteiger partial charge in [-0.1, -0.05) is 29.8 Å². The summed E-state index contributed by atoms with van der Waals surface area (Å²) in [6, 6.07) is 9.12. The van der Waals surface area contributed by atoms with Crippen LogP contribution in [-0.2, 0) is 16.1 Å². The molecule has 1 unspecified atom stereocenters. The number of nitrogens with zero attached hydrogens (tertiary/aromatic N) is 3. The van der Waals surface area contributed by atoms with Crippen molar-refractivity contribution in [3.05, 3.63) is 35.4 Å². The van der Waals surface area contributed by atoms with Crippen molar-refractivity contribution in [1.29, 1.82) is 0 Å². The van der Waals surface area contributed by atoms with Crippen molar-refractivity contribution >= 4 is 24.3 Å². The van der Waals surface area contributed by atoms with Crippen molar-refractivity contribution < 1.29 is 14.7 Å². The second-order valence-corrected chi connectivity index (χ2v) is 8.41. The molecule has 0 bridgehead atoms. The molecule has 6 nitrogen and oxygen atoms in total. The Kier molecular flexibility index (Phi) is 8.93. The predicted octanol–water partition coefficient (Wildman–Crippen LogP) is 2.78. The van der Waals surface area contributed by atoms with Crippen LogP contribution in [0.3, 0.4) is 0 Å². The Bertz CT molecular complexity index is 678. The van der Waals surface area contributed by atoms with Crippen molar-refractivity contribution in [2.45, 2.75) is 57.7 Å². The van der Waals surface area contributed by atoms with Crippen LogP contribution in [0.15, 0.2) is 24.3 Å². The molecule has 29 heavy (non-hydrogen) atoms. The number of likely N-dealkylation sites (tertiary alicyclic amines) is 1. The molecule has 1 amide bonds. The van der Waals surface area contributed by atoms with E-state index in [1.165, 1.54) is 11.1 Å². The first kappa shape index (κ1) is 23.6. The highest BCUT2D eigenvalue weighted by Gasteiger charge is 2.33. The number of rotatable bonds is 8. The van der Waals surface area contributed by atoms with Gasteiger partial charge in [0.2, 0.25) is 5.91 Å². The van der Waals surface area contributed by atoms with Crippen LogP contribution in [0.2, 0.25) is 0 Å². The van der Waals surface area contributed by atoms with Gasteiger partial charge in [0.05, 0.1) is 13.1 Å². The monoisotopic (exact) mass is 423 g/mol. The molecule has 0 spiro atoms. The fourth-order valence-electron chi connectivity index (χ4n) is 4.06. The van der Waals surface area contributed by atoms with Gasteiger partial charge in [-0.15, -0.1) is 12.4 Å². The van der Waals surface area contributed by atoms with E-state index < -0.39 is 5.97 Å². The highest BCUT2D eigenvalue weighted by atomic mass is 35.5. The van der Waals surface area contributed by atoms with E-state index in [1.54, 1.807) is 0 Å². The maximum absolute atomic E-state index is 13.0. The van der Waals surface area contributed by atoms with Gasteiger partial charge in [0.25, 0.3) is 0 Å². The molecule has 162 valence electrons. The lowest BCUT2D eigenvalue weighted by atomic mass is 10.1. The summed E-state index contributed by atoms with van der Waals surface area (Å²) >= 11 is 0. The number of likely N-dealkylation sites (N-methyl/N-ethyl adjacent to an activating group) is 1. The molecule has 0 aromatic heterocycles. The van der Waals surface area contributed by atoms with Crippen molar-refractivity contribution in [3.63, 3.8) is 0 Å². The molecular weight excluding hydrogens is 390 g/mol. The molecule has 0 radical (unpaired) electrons. The Morgan fingerprint density at radius 2 is 1.76 bits per heavy atom. The summed E-state index contributed by atoms with van der Waals surface area (Å²) in [7, 11) is 1.88. The molecule has 1 aliphatic carbocycles. The van der Waals surface area contributed by atoms with E-state index in [9.17, 15) is 9.59 Å². The lowest BCUT2D eigenvalue weighted by Gasteiger charge is -2.28. The van der Waals surface area contributed by atoms with E-state index in [1.807, 2.05) is 11.9 Å². The van der Waals surface area contributed by atoms with Crippen LogP contribution < -0.4 is 0 Å². The Morgan fingerprint density at radius 1 is 1.07 bits per heavy atom. The smallest absolute Gasteiger partial charge is 0.317 e. The van der Waals surface area contributed by atoms with Crippen molar-refractivity contribution in [2.24, 2.45) is 0 Å². The summed E-state index contributed by atoms with van der Waals surface area (Å²) in [6.07, 6.45) is 5.13. The molecular formula is C22H34ClN3O3. The zero-order valence-electron chi connectivity index (χ0n) is 17.5. The molecule has 2 aliphatic rings. The van der Waals surface area contributed by atoms with Crippen LogP contribution in [0, 0.1) is 6.92 Å². The van der Waals surface area contributed by atoms with Gasteiger partial charge >= 0.3 is 5.97 Å². The van der Waals surface area contributed by atoms with E-state index in [2.05, 4.69) is 41.0 Å². The molecule has 1 N–H and O–H groups in total. The minimum Gasteiger partial charge on any atom is -0.480 e. The largest absolute Gasteiger partial charge is 0.480 e. The lowest BCUT2D eigenvalue weighted by molar-refractivity contribution is -0.138. The average Bonchev–Trinajstić information content (AvgIpc) is 3.48. The van der Waals surface area contributed by atoms with Crippen LogP contribution in [0.25, 0.3) is 0 Å². The minimum atomic E-state index is -0.782. The van der Waals surface area contributed by atoms with Gasteiger partial charge in [0.1, 0.15) is 0 Å². The second-order valence-electron chi connectivity index (χ2n) is 8.41. The number of hydrogen-bond donors (Lipinski definition) is 1. The molecule has 7 heteroatoms. The Labute approximate surface area is 180 Å². The SMILES string of the molecule is Cc1ccc(CN(C(=O)CN2CCCC(N(C)CC(=O)O)CC2)C2CC2)cc1.Cl. The van der Waals surface area contributed by atoms with Gasteiger partial charge in [-0.3, -0.25) is 19.4 Å². The van der Waals surface area contributed by atoms with Crippen LogP contribution in [0.4, 0.5) is 0 Å². The van der Waals surface area contributed by atoms with Gasteiger partial charge in [0, 0.05) is 25.2 Å². The minimum absolute atomic E-state index is 0. The summed E-state index contributed by atoms with van der Waals surface area (Å²) in [6.45, 7) is 5.08. The van der Waals surface area contributed by atoms with Gasteiger partial charge < -0.3 is 10.0 Å². The van der Waals surface area contributed by atoms with E-state index >= 15 is 0 Å². The van der Waals surface area contributed by atoms with Gasteiger partial charge in [-0.25, -0.2) is 0 Å². The number of aryl methyl sites for hydroxylation is 1. The first-order chi connectivity index (χ1) is 13.4. The second kappa shape index (κ2) is 11.0. The maximum atomic E-state index is 13.0. The van der Waals surface area contributed by atoms with Gasteiger partial charge in [-0.2, -0.15) is 0 Å². The van der Waals surface area contributed by atoms with E-state index in [0.29, 0.717) is 19.1 Å². The number of benzene rings is 1. The van der Waals surface area contributed by atoms with E-state index in [0.717, 1.165) is 45.2 Å². The number of carbonyl (C=O) groups excluding carboxylic acids is 1. The maximum Gasteiger partial charge on any atom is 0.317 e. The zero-order valence-corrected chi connectivity index (χ0v) is 18.4. The summed E-state index contributed by atoms with van der Waals surface area (Å²) < 4.78 is 0. The molecule has 1 aromatic carbocycles. The molecule has 1 atom stereocenters. The van der Waals surface area contributed by atoms with Crippen LogP contribution in [0.1, 0.15) is 43.2 Å². The fourth-order valence-corrected chi connectivity index (χ4v) is 4.06. The molecule has 1 heterocycles. The Morgan fingerprint density at radius 3 is 2.38 bits per heavy atom. The summed E-state index contributed by atoms with van der Waals surface area (Å²) in [5.74, 6) is -0.560. The quantitative estimate of drug-likeness (QED) is 0.696. The van der Waals surface area contributed by atoms with Crippen molar-refractivity contribution in [2.75, 3.05) is 33.2 Å². The highest BCUT2D eigenvalue weighted by Crippen LogP contribution is 2.29. The Balaban J connectivity index is 0.00000300. The molecule has 1 saturated heterocycles. The first-order valence-electron chi connectivity index (χ1n) is 10.4. The number of aliphatic carboxylic acids is 1. The molecule has 3 rings (SSSR count). The van der Waals surface area contributed by atoms with Gasteiger partial charge in [-0.05, 0) is 58.2 Å². The van der Waals surface area contributed by atoms with Crippen molar-refractivity contribution in [1.82, 2.24) is 14.7 Å². The molecule has 2 fully saturated rings. The third kappa shape index (κ3) is 7.28. The summed E-state index contributed by atoms with van der Waals surface area (Å²) in [4.78, 5) is 30.2. The molecule has 1 saturated carbocycles. The number of hydrogen-bond acceptors (Lipinski definition) is 4. The topological polar surface area (TPSA) is 64.1 Å². The van der Waals surface area contributed by atoms with Crippen LogP contribution >= 0.6 is 12.4 Å². The number of amides is 1. The zero-order chi connectivity index (χ0) is 20.1. The van der Waals surface area contributed by atoms with Crippen LogP contribution in [-0.4, -0.2) is 77.0 Å². The Hall–Kier alpha value is -1.63. The number of halogens is 1. The number of carbonyl (C=O) groups is 2. The van der Waals surface area contributed by atoms with E-state index in [4.69, 9.17) is 5.11 Å². The molecule has 1 aromatic rings. The predicted molar refractivity (Wildman–Crippen MR) is 116 cm³/mol. The third-order valence-electron chi connectivity index (χ3n) is 5.94. The molecule has 1 aliphatic heterocycles. The summed E-state index contributed by atoms with van der Waals surface area (Å²) in [5.41, 5.74) is 2.43. The fraction of sp³-hybridized carbons (Fsp3) is 0.636. The third-order valence-corrected chi connectivity index (χ3v) is 5.94. The number of carboxylic acids is 1. The first-order valence-corrected chi connectivity index (χ1v) is 10.4.